The molecule has 0 saturated heterocycles. The van der Waals surface area contributed by atoms with E-state index >= 15 is 0 Å². The standard InChI is InChI=1S/C15H9Br5O4/c16-14(17,15(18,19)20)6-7-12(22)8(21)5-11-13(7)24-10-4-2-1-3-9(10)23-11/h1-5,21-22H,6H2. The molecule has 0 unspecified atom stereocenters. The molecule has 0 fully saturated rings. The summed E-state index contributed by atoms with van der Waals surface area (Å²) in [5.74, 6) is 1.21. The van der Waals surface area contributed by atoms with Crippen LogP contribution >= 0.6 is 79.6 Å². The second kappa shape index (κ2) is 6.64. The third-order valence-corrected chi connectivity index (χ3v) is 10.4. The first kappa shape index (κ1) is 18.8. The topological polar surface area (TPSA) is 58.9 Å². The van der Waals surface area contributed by atoms with Crippen LogP contribution in [0.15, 0.2) is 30.3 Å². The molecule has 2 aromatic rings. The summed E-state index contributed by atoms with van der Waals surface area (Å²) in [5.41, 5.74) is 0.385. The van der Waals surface area contributed by atoms with Gasteiger partial charge in [0.1, 0.15) is 3.23 Å². The van der Waals surface area contributed by atoms with E-state index in [1.165, 1.54) is 6.07 Å². The predicted octanol–water partition coefficient (Wildman–Crippen LogP) is 6.86. The molecule has 0 saturated carbocycles. The van der Waals surface area contributed by atoms with Gasteiger partial charge in [0.05, 0.1) is 0 Å². The molecule has 0 amide bonds. The molecule has 128 valence electrons. The average Bonchev–Trinajstić information content (AvgIpc) is 2.49. The minimum atomic E-state index is -0.758. The van der Waals surface area contributed by atoms with Crippen LogP contribution in [0.25, 0.3) is 0 Å². The van der Waals surface area contributed by atoms with Crippen molar-refractivity contribution < 1.29 is 19.7 Å². The van der Waals surface area contributed by atoms with Gasteiger partial charge in [-0.2, -0.15) is 0 Å². The van der Waals surface area contributed by atoms with Crippen molar-refractivity contribution in [2.75, 3.05) is 0 Å². The molecule has 0 spiro atoms. The van der Waals surface area contributed by atoms with Crippen LogP contribution in [0, 0.1) is 0 Å². The van der Waals surface area contributed by atoms with Crippen LogP contribution in [0.4, 0.5) is 0 Å². The van der Waals surface area contributed by atoms with Crippen LogP contribution in [-0.2, 0) is 6.42 Å². The number of para-hydroxylation sites is 2. The van der Waals surface area contributed by atoms with Crippen LogP contribution in [0.2, 0.25) is 0 Å². The molecule has 0 aliphatic carbocycles. The number of alkyl halides is 5. The highest BCUT2D eigenvalue weighted by molar-refractivity contribution is 9.41. The van der Waals surface area contributed by atoms with Crippen molar-refractivity contribution in [1.82, 2.24) is 0 Å². The fourth-order valence-corrected chi connectivity index (χ4v) is 3.17. The fraction of sp³-hybridized carbons (Fsp3) is 0.200. The quantitative estimate of drug-likeness (QED) is 0.235. The van der Waals surface area contributed by atoms with E-state index in [0.29, 0.717) is 28.6 Å². The number of ether oxygens (including phenoxy) is 2. The monoisotopic (exact) mass is 648 g/mol. The summed E-state index contributed by atoms with van der Waals surface area (Å²) < 4.78 is 10.2. The summed E-state index contributed by atoms with van der Waals surface area (Å²) in [6.45, 7) is 0. The summed E-state index contributed by atoms with van der Waals surface area (Å²) in [6.07, 6.45) is 0.239. The van der Waals surface area contributed by atoms with E-state index in [-0.39, 0.29) is 17.9 Å². The van der Waals surface area contributed by atoms with Crippen LogP contribution in [-0.4, -0.2) is 15.6 Å². The number of hydrogen-bond acceptors (Lipinski definition) is 4. The molecule has 4 nitrogen and oxygen atoms in total. The number of fused-ring (bicyclic) bond motifs is 2. The Bertz CT molecular complexity index is 801. The van der Waals surface area contributed by atoms with Crippen molar-refractivity contribution in [3.8, 4) is 34.5 Å². The number of phenols is 2. The summed E-state index contributed by atoms with van der Waals surface area (Å²) in [7, 11) is 0. The van der Waals surface area contributed by atoms with Gasteiger partial charge in [-0.3, -0.25) is 0 Å². The number of halogens is 5. The first-order chi connectivity index (χ1) is 11.1. The van der Waals surface area contributed by atoms with Crippen molar-refractivity contribution in [2.45, 2.75) is 11.8 Å². The molecule has 0 radical (unpaired) electrons. The first-order valence-electron chi connectivity index (χ1n) is 6.57. The van der Waals surface area contributed by atoms with Gasteiger partial charge in [0.15, 0.2) is 36.6 Å². The number of phenolic OH excluding ortho intramolecular Hbond substituents is 2. The summed E-state index contributed by atoms with van der Waals surface area (Å²) >= 11 is 17.4. The van der Waals surface area contributed by atoms with E-state index in [0.717, 1.165) is 0 Å². The lowest BCUT2D eigenvalue weighted by Gasteiger charge is -2.31. The van der Waals surface area contributed by atoms with E-state index in [9.17, 15) is 10.2 Å². The highest BCUT2D eigenvalue weighted by Gasteiger charge is 2.45. The van der Waals surface area contributed by atoms with Gasteiger partial charge in [-0.25, -0.2) is 0 Å². The molecule has 0 atom stereocenters. The summed E-state index contributed by atoms with van der Waals surface area (Å²) in [5, 5.41) is 20.4. The van der Waals surface area contributed by atoms with Gasteiger partial charge in [0.2, 0.25) is 0 Å². The molecule has 2 aromatic carbocycles. The molecule has 0 bridgehead atoms. The highest BCUT2D eigenvalue weighted by Crippen LogP contribution is 2.58. The van der Waals surface area contributed by atoms with E-state index in [4.69, 9.17) is 9.47 Å². The van der Waals surface area contributed by atoms with E-state index in [2.05, 4.69) is 79.6 Å². The lowest BCUT2D eigenvalue weighted by atomic mass is 10.1. The van der Waals surface area contributed by atoms with Crippen molar-refractivity contribution in [3.05, 3.63) is 35.9 Å². The van der Waals surface area contributed by atoms with Gasteiger partial charge in [-0.1, -0.05) is 91.8 Å². The van der Waals surface area contributed by atoms with Crippen molar-refractivity contribution >= 4 is 79.6 Å². The van der Waals surface area contributed by atoms with Gasteiger partial charge in [0.25, 0.3) is 0 Å². The van der Waals surface area contributed by atoms with Crippen molar-refractivity contribution in [1.29, 1.82) is 0 Å². The minimum absolute atomic E-state index is 0.239. The van der Waals surface area contributed by atoms with Gasteiger partial charge in [-0.05, 0) is 12.1 Å². The molecule has 1 aliphatic heterocycles. The Kier molecular flexibility index (Phi) is 5.21. The Morgan fingerprint density at radius 3 is 2.04 bits per heavy atom. The maximum absolute atomic E-state index is 10.4. The second-order valence-electron chi connectivity index (χ2n) is 5.08. The average molecular weight is 653 g/mol. The minimum Gasteiger partial charge on any atom is -0.504 e. The fourth-order valence-electron chi connectivity index (χ4n) is 2.19. The molecular weight excluding hydrogens is 644 g/mol. The predicted molar refractivity (Wildman–Crippen MR) is 110 cm³/mol. The lowest BCUT2D eigenvalue weighted by Crippen LogP contribution is -2.31. The third-order valence-electron chi connectivity index (χ3n) is 3.39. The first-order valence-corrected chi connectivity index (χ1v) is 10.5. The number of rotatable bonds is 2. The molecule has 0 aromatic heterocycles. The largest absolute Gasteiger partial charge is 0.504 e. The number of benzene rings is 2. The summed E-state index contributed by atoms with van der Waals surface area (Å²) in [4.78, 5) is 0. The zero-order valence-corrected chi connectivity index (χ0v) is 19.6. The Labute approximate surface area is 180 Å². The van der Waals surface area contributed by atoms with Gasteiger partial charge < -0.3 is 19.7 Å². The van der Waals surface area contributed by atoms with E-state index in [1.807, 2.05) is 12.1 Å². The van der Waals surface area contributed by atoms with Crippen LogP contribution in [0.5, 0.6) is 34.5 Å². The lowest BCUT2D eigenvalue weighted by molar-refractivity contribution is 0.340. The Balaban J connectivity index is 2.10. The van der Waals surface area contributed by atoms with Crippen LogP contribution in [0.1, 0.15) is 5.56 Å². The third kappa shape index (κ3) is 3.47. The van der Waals surface area contributed by atoms with Gasteiger partial charge >= 0.3 is 0 Å². The zero-order valence-electron chi connectivity index (χ0n) is 11.7. The van der Waals surface area contributed by atoms with Crippen LogP contribution < -0.4 is 9.47 Å². The summed E-state index contributed by atoms with van der Waals surface area (Å²) in [6, 6.07) is 8.52. The molecule has 24 heavy (non-hydrogen) atoms. The maximum atomic E-state index is 10.4. The number of hydrogen-bond donors (Lipinski definition) is 2. The Morgan fingerprint density at radius 2 is 1.46 bits per heavy atom. The van der Waals surface area contributed by atoms with E-state index < -0.39 is 5.38 Å². The molecule has 1 aliphatic rings. The second-order valence-corrected chi connectivity index (χ2v) is 15.6. The smallest absolute Gasteiger partial charge is 0.177 e. The maximum Gasteiger partial charge on any atom is 0.177 e. The van der Waals surface area contributed by atoms with Crippen LogP contribution in [0.3, 0.4) is 0 Å². The van der Waals surface area contributed by atoms with Gasteiger partial charge in [-0.15, -0.1) is 0 Å². The molecule has 9 heteroatoms. The van der Waals surface area contributed by atoms with Crippen molar-refractivity contribution in [2.24, 2.45) is 0 Å². The van der Waals surface area contributed by atoms with Crippen molar-refractivity contribution in [3.63, 3.8) is 0 Å². The van der Waals surface area contributed by atoms with E-state index in [1.54, 1.807) is 12.1 Å². The Hall–Kier alpha value is 0.0400. The SMILES string of the molecule is Oc1cc2c(c(CC(Br)(Br)C(Br)(Br)Br)c1O)Oc1ccccc1O2. The molecule has 3 rings (SSSR count). The molecular formula is C15H9Br5O4. The zero-order chi connectivity index (χ0) is 17.7. The molecule has 2 N–H and O–H groups in total. The highest BCUT2D eigenvalue weighted by atomic mass is 80.0. The molecule has 1 heterocycles. The Morgan fingerprint density at radius 1 is 0.875 bits per heavy atom. The normalized spacial score (nSPS) is 13.5. The number of aromatic hydroxyl groups is 2. The van der Waals surface area contributed by atoms with Gasteiger partial charge in [0, 0.05) is 18.1 Å².